The lowest BCUT2D eigenvalue weighted by Crippen LogP contribution is -2.50. The average Bonchev–Trinajstić information content (AvgIpc) is 2.81. The Balaban J connectivity index is 1.38. The van der Waals surface area contributed by atoms with E-state index in [-0.39, 0.29) is 17.2 Å². The maximum absolute atomic E-state index is 12.8. The molecule has 0 unspecified atom stereocenters. The van der Waals surface area contributed by atoms with E-state index >= 15 is 0 Å². The molecule has 0 aliphatic carbocycles. The monoisotopic (exact) mass is 450 g/mol. The van der Waals surface area contributed by atoms with E-state index in [1.807, 2.05) is 46.2 Å². The summed E-state index contributed by atoms with van der Waals surface area (Å²) in [5.74, 6) is 1.46. The molecule has 0 bridgehead atoms. The van der Waals surface area contributed by atoms with Gasteiger partial charge in [0.2, 0.25) is 5.91 Å². The summed E-state index contributed by atoms with van der Waals surface area (Å²) >= 11 is 0. The first-order valence-electron chi connectivity index (χ1n) is 12.1. The number of piperazine rings is 1. The minimum Gasteiger partial charge on any atom is -0.494 e. The number of ether oxygens (including phenoxy) is 1. The molecule has 3 rings (SSSR count). The number of nitrogens with zero attached hydrogens (tertiary/aromatic N) is 2. The van der Waals surface area contributed by atoms with E-state index < -0.39 is 0 Å². The number of benzene rings is 2. The number of carbonyl (C=O) groups is 2. The molecule has 5 nitrogen and oxygen atoms in total. The van der Waals surface area contributed by atoms with Gasteiger partial charge in [0.15, 0.2) is 0 Å². The van der Waals surface area contributed by atoms with Crippen LogP contribution < -0.4 is 4.74 Å². The van der Waals surface area contributed by atoms with E-state index in [4.69, 9.17) is 4.74 Å². The van der Waals surface area contributed by atoms with E-state index in [9.17, 15) is 9.59 Å². The highest BCUT2D eigenvalue weighted by molar-refractivity contribution is 5.94. The lowest BCUT2D eigenvalue weighted by molar-refractivity contribution is -0.132. The van der Waals surface area contributed by atoms with Crippen LogP contribution in [0, 0.1) is 0 Å². The summed E-state index contributed by atoms with van der Waals surface area (Å²) in [6.45, 7) is 13.7. The molecule has 1 aliphatic rings. The van der Waals surface area contributed by atoms with Gasteiger partial charge < -0.3 is 14.5 Å². The molecule has 1 fully saturated rings. The van der Waals surface area contributed by atoms with Crippen LogP contribution in [0.4, 0.5) is 0 Å². The number of hydrogen-bond acceptors (Lipinski definition) is 3. The highest BCUT2D eigenvalue weighted by Crippen LogP contribution is 2.24. The molecule has 0 saturated carbocycles. The normalized spacial score (nSPS) is 14.5. The third kappa shape index (κ3) is 6.83. The minimum absolute atomic E-state index is 0.0447. The lowest BCUT2D eigenvalue weighted by Gasteiger charge is -2.35. The van der Waals surface area contributed by atoms with Crippen LogP contribution in [-0.2, 0) is 10.2 Å². The van der Waals surface area contributed by atoms with Crippen molar-refractivity contribution in [1.29, 1.82) is 0 Å². The molecule has 2 aromatic rings. The van der Waals surface area contributed by atoms with Crippen molar-refractivity contribution in [3.63, 3.8) is 0 Å². The van der Waals surface area contributed by atoms with Crippen LogP contribution in [0.5, 0.6) is 5.75 Å². The van der Waals surface area contributed by atoms with Crippen molar-refractivity contribution in [2.75, 3.05) is 32.8 Å². The average molecular weight is 451 g/mol. The molecule has 1 heterocycles. The maximum Gasteiger partial charge on any atom is 0.253 e. The lowest BCUT2D eigenvalue weighted by atomic mass is 9.87. The van der Waals surface area contributed by atoms with Gasteiger partial charge in [-0.25, -0.2) is 0 Å². The molecule has 5 heteroatoms. The Morgan fingerprint density at radius 1 is 0.879 bits per heavy atom. The predicted octanol–water partition coefficient (Wildman–Crippen LogP) is 5.25. The fourth-order valence-corrected chi connectivity index (χ4v) is 3.97. The van der Waals surface area contributed by atoms with Gasteiger partial charge in [0.05, 0.1) is 6.61 Å². The third-order valence-corrected chi connectivity index (χ3v) is 6.27. The second-order valence-corrected chi connectivity index (χ2v) is 10.2. The summed E-state index contributed by atoms with van der Waals surface area (Å²) in [7, 11) is 0. The van der Waals surface area contributed by atoms with Gasteiger partial charge in [-0.15, -0.1) is 0 Å². The van der Waals surface area contributed by atoms with Gasteiger partial charge in [0.1, 0.15) is 5.75 Å². The van der Waals surface area contributed by atoms with Crippen molar-refractivity contribution < 1.29 is 14.3 Å². The Bertz CT molecular complexity index is 919. The van der Waals surface area contributed by atoms with Gasteiger partial charge in [-0.2, -0.15) is 0 Å². The second kappa shape index (κ2) is 10.9. The zero-order valence-electron chi connectivity index (χ0n) is 20.8. The van der Waals surface area contributed by atoms with E-state index in [2.05, 4.69) is 46.8 Å². The first-order chi connectivity index (χ1) is 15.6. The summed E-state index contributed by atoms with van der Waals surface area (Å²) in [6.07, 6.45) is 1.14. The van der Waals surface area contributed by atoms with E-state index in [1.54, 1.807) is 0 Å². The van der Waals surface area contributed by atoms with Crippen molar-refractivity contribution in [1.82, 2.24) is 9.80 Å². The quantitative estimate of drug-likeness (QED) is 0.541. The largest absolute Gasteiger partial charge is 0.494 e. The molecule has 2 aromatic carbocycles. The van der Waals surface area contributed by atoms with Crippen LogP contribution in [-0.4, -0.2) is 54.4 Å². The number of carbonyl (C=O) groups excluding carboxylic acids is 2. The molecule has 0 radical (unpaired) electrons. The van der Waals surface area contributed by atoms with Crippen LogP contribution in [0.25, 0.3) is 0 Å². The van der Waals surface area contributed by atoms with Crippen molar-refractivity contribution in [2.24, 2.45) is 0 Å². The molecule has 33 heavy (non-hydrogen) atoms. The highest BCUT2D eigenvalue weighted by atomic mass is 16.5. The zero-order chi connectivity index (χ0) is 24.0. The zero-order valence-corrected chi connectivity index (χ0v) is 20.8. The second-order valence-electron chi connectivity index (χ2n) is 10.2. The summed E-state index contributed by atoms with van der Waals surface area (Å²) in [6, 6.07) is 16.1. The van der Waals surface area contributed by atoms with Crippen molar-refractivity contribution in [3.8, 4) is 5.75 Å². The highest BCUT2D eigenvalue weighted by Gasteiger charge is 2.24. The molecule has 1 saturated heterocycles. The number of rotatable bonds is 7. The van der Waals surface area contributed by atoms with Gasteiger partial charge in [-0.3, -0.25) is 9.59 Å². The smallest absolute Gasteiger partial charge is 0.253 e. The Hall–Kier alpha value is -2.82. The Morgan fingerprint density at radius 2 is 1.45 bits per heavy atom. The standard InChI is InChI=1S/C28H38N2O3/c1-21(2)22-8-10-23(11-9-22)27(32)30-18-16-29(17-19-30)26(31)7-6-20-33-25-14-12-24(13-15-25)28(3,4)5/h8-15,21H,6-7,16-20H2,1-5H3. The van der Waals surface area contributed by atoms with Crippen molar-refractivity contribution in [2.45, 2.75) is 58.8 Å². The van der Waals surface area contributed by atoms with Crippen LogP contribution in [0.15, 0.2) is 48.5 Å². The molecular weight excluding hydrogens is 412 g/mol. The topological polar surface area (TPSA) is 49.9 Å². The first-order valence-corrected chi connectivity index (χ1v) is 12.1. The summed E-state index contributed by atoms with van der Waals surface area (Å²) in [4.78, 5) is 29.1. The Morgan fingerprint density at radius 3 is 2.00 bits per heavy atom. The van der Waals surface area contributed by atoms with Crippen molar-refractivity contribution in [3.05, 3.63) is 65.2 Å². The van der Waals surface area contributed by atoms with Gasteiger partial charge in [0, 0.05) is 38.2 Å². The Labute approximate surface area is 198 Å². The van der Waals surface area contributed by atoms with Gasteiger partial charge in [-0.1, -0.05) is 58.9 Å². The summed E-state index contributed by atoms with van der Waals surface area (Å²) in [5, 5.41) is 0. The SMILES string of the molecule is CC(C)c1ccc(C(=O)N2CCN(C(=O)CCCOc3ccc(C(C)(C)C)cc3)CC2)cc1. The van der Waals surface area contributed by atoms with E-state index in [0.717, 1.165) is 5.75 Å². The molecule has 0 atom stereocenters. The molecule has 2 amide bonds. The molecule has 1 aliphatic heterocycles. The third-order valence-electron chi connectivity index (χ3n) is 6.27. The van der Waals surface area contributed by atoms with Gasteiger partial charge in [0.25, 0.3) is 5.91 Å². The molecule has 178 valence electrons. The van der Waals surface area contributed by atoms with E-state index in [0.29, 0.717) is 57.1 Å². The number of hydrogen-bond donors (Lipinski definition) is 0. The van der Waals surface area contributed by atoms with Crippen LogP contribution in [0.1, 0.15) is 74.9 Å². The van der Waals surface area contributed by atoms with Gasteiger partial charge in [-0.05, 0) is 53.1 Å². The molecule has 0 aromatic heterocycles. The summed E-state index contributed by atoms with van der Waals surface area (Å²) < 4.78 is 5.81. The maximum atomic E-state index is 12.8. The molecule has 0 N–H and O–H groups in total. The molecule has 0 spiro atoms. The fraction of sp³-hybridized carbons (Fsp3) is 0.500. The first kappa shape index (κ1) is 24.8. The van der Waals surface area contributed by atoms with Crippen LogP contribution in [0.2, 0.25) is 0 Å². The van der Waals surface area contributed by atoms with Crippen LogP contribution in [0.3, 0.4) is 0 Å². The molecular formula is C28H38N2O3. The minimum atomic E-state index is 0.0447. The number of amides is 2. The van der Waals surface area contributed by atoms with Crippen molar-refractivity contribution >= 4 is 11.8 Å². The summed E-state index contributed by atoms with van der Waals surface area (Å²) in [5.41, 5.74) is 3.34. The van der Waals surface area contributed by atoms with Gasteiger partial charge >= 0.3 is 0 Å². The predicted molar refractivity (Wildman–Crippen MR) is 133 cm³/mol. The Kier molecular flexibility index (Phi) is 8.17. The van der Waals surface area contributed by atoms with E-state index in [1.165, 1.54) is 11.1 Å². The van der Waals surface area contributed by atoms with Crippen LogP contribution >= 0.6 is 0 Å². The fourth-order valence-electron chi connectivity index (χ4n) is 3.97.